The van der Waals surface area contributed by atoms with Gasteiger partial charge in [-0.2, -0.15) is 0 Å². The zero-order chi connectivity index (χ0) is 16.3. The fraction of sp³-hybridized carbons (Fsp3) is 0.188. The van der Waals surface area contributed by atoms with Gasteiger partial charge in [-0.3, -0.25) is 4.79 Å². The van der Waals surface area contributed by atoms with Crippen LogP contribution in [0.15, 0.2) is 39.3 Å². The Morgan fingerprint density at radius 2 is 1.64 bits per heavy atom. The number of carbonyl (C=O) groups is 1. The fourth-order valence-corrected chi connectivity index (χ4v) is 2.99. The molecule has 0 aliphatic carbocycles. The number of amides is 1. The van der Waals surface area contributed by atoms with Crippen LogP contribution in [0.25, 0.3) is 0 Å². The number of rotatable bonds is 4. The maximum atomic E-state index is 12.4. The van der Waals surface area contributed by atoms with Crippen LogP contribution in [0.1, 0.15) is 15.9 Å². The Hall–Kier alpha value is -1.53. The van der Waals surface area contributed by atoms with Crippen LogP contribution in [0.2, 0.25) is 0 Å². The minimum atomic E-state index is -0.227. The Labute approximate surface area is 146 Å². The second-order valence-corrected chi connectivity index (χ2v) is 6.32. The molecular weight excluding hydrogens is 414 g/mol. The molecule has 2 rings (SSSR count). The van der Waals surface area contributed by atoms with Crippen LogP contribution in [0.4, 0.5) is 5.69 Å². The van der Waals surface area contributed by atoms with Crippen LogP contribution in [0.5, 0.6) is 11.5 Å². The first-order valence-electron chi connectivity index (χ1n) is 6.45. The molecule has 6 heteroatoms. The van der Waals surface area contributed by atoms with Crippen molar-refractivity contribution in [2.75, 3.05) is 19.5 Å². The highest BCUT2D eigenvalue weighted by molar-refractivity contribution is 9.11. The average Bonchev–Trinajstić information content (AvgIpc) is 2.50. The van der Waals surface area contributed by atoms with Crippen molar-refractivity contribution < 1.29 is 14.3 Å². The first kappa shape index (κ1) is 16.8. The van der Waals surface area contributed by atoms with Gasteiger partial charge in [0, 0.05) is 15.7 Å². The summed E-state index contributed by atoms with van der Waals surface area (Å²) in [6.45, 7) is 1.93. The summed E-state index contributed by atoms with van der Waals surface area (Å²) in [6, 6.07) is 9.00. The summed E-state index contributed by atoms with van der Waals surface area (Å²) in [4.78, 5) is 12.4. The fourth-order valence-electron chi connectivity index (χ4n) is 1.96. The first-order valence-corrected chi connectivity index (χ1v) is 8.04. The van der Waals surface area contributed by atoms with E-state index in [2.05, 4.69) is 37.2 Å². The van der Waals surface area contributed by atoms with E-state index in [-0.39, 0.29) is 5.91 Å². The highest BCUT2D eigenvalue weighted by Gasteiger charge is 2.15. The lowest BCUT2D eigenvalue weighted by Crippen LogP contribution is -2.13. The van der Waals surface area contributed by atoms with Gasteiger partial charge in [0.15, 0.2) is 0 Å². The third-order valence-corrected chi connectivity index (χ3v) is 4.42. The van der Waals surface area contributed by atoms with E-state index in [1.807, 2.05) is 25.1 Å². The Balaban J connectivity index is 2.33. The van der Waals surface area contributed by atoms with E-state index >= 15 is 0 Å². The molecule has 2 aromatic carbocycles. The van der Waals surface area contributed by atoms with E-state index in [9.17, 15) is 4.79 Å². The zero-order valence-corrected chi connectivity index (χ0v) is 15.5. The number of hydrogen-bond donors (Lipinski definition) is 1. The molecule has 1 amide bonds. The Bertz CT molecular complexity index is 692. The molecule has 0 spiro atoms. The smallest absolute Gasteiger partial charge is 0.255 e. The average molecular weight is 429 g/mol. The van der Waals surface area contributed by atoms with Crippen LogP contribution < -0.4 is 14.8 Å². The summed E-state index contributed by atoms with van der Waals surface area (Å²) in [5.74, 6) is 0.851. The van der Waals surface area contributed by atoms with Crippen molar-refractivity contribution in [3.05, 3.63) is 50.4 Å². The molecule has 2 aromatic rings. The molecule has 1 N–H and O–H groups in total. The van der Waals surface area contributed by atoms with Gasteiger partial charge >= 0.3 is 0 Å². The molecule has 22 heavy (non-hydrogen) atoms. The molecule has 116 valence electrons. The van der Waals surface area contributed by atoms with Gasteiger partial charge in [0.25, 0.3) is 5.91 Å². The van der Waals surface area contributed by atoms with Gasteiger partial charge in [0.05, 0.1) is 14.2 Å². The number of aryl methyl sites for hydroxylation is 1. The van der Waals surface area contributed by atoms with Crippen LogP contribution in [-0.2, 0) is 0 Å². The summed E-state index contributed by atoms with van der Waals surface area (Å²) < 4.78 is 12.2. The van der Waals surface area contributed by atoms with E-state index in [1.54, 1.807) is 26.4 Å². The Morgan fingerprint density at radius 3 is 2.14 bits per heavy atom. The van der Waals surface area contributed by atoms with E-state index in [1.165, 1.54) is 0 Å². The summed E-state index contributed by atoms with van der Waals surface area (Å²) in [6.07, 6.45) is 0. The summed E-state index contributed by atoms with van der Waals surface area (Å²) >= 11 is 6.79. The van der Waals surface area contributed by atoms with Gasteiger partial charge < -0.3 is 14.8 Å². The van der Waals surface area contributed by atoms with Gasteiger partial charge in [0.1, 0.15) is 16.0 Å². The Kier molecular flexibility index (Phi) is 5.47. The highest BCUT2D eigenvalue weighted by atomic mass is 79.9. The number of hydrogen-bond acceptors (Lipinski definition) is 3. The topological polar surface area (TPSA) is 47.6 Å². The van der Waals surface area contributed by atoms with E-state index < -0.39 is 0 Å². The molecule has 0 fully saturated rings. The van der Waals surface area contributed by atoms with Crippen molar-refractivity contribution in [2.24, 2.45) is 0 Å². The van der Waals surface area contributed by atoms with Gasteiger partial charge in [-0.25, -0.2) is 0 Å². The molecule has 0 radical (unpaired) electrons. The number of anilines is 1. The molecule has 0 aromatic heterocycles. The van der Waals surface area contributed by atoms with Crippen LogP contribution in [-0.4, -0.2) is 20.1 Å². The van der Waals surface area contributed by atoms with E-state index in [0.29, 0.717) is 21.5 Å². The van der Waals surface area contributed by atoms with E-state index in [0.717, 1.165) is 15.7 Å². The van der Waals surface area contributed by atoms with Crippen LogP contribution in [0.3, 0.4) is 0 Å². The van der Waals surface area contributed by atoms with Gasteiger partial charge in [-0.15, -0.1) is 0 Å². The predicted octanol–water partition coefficient (Wildman–Crippen LogP) is 4.79. The van der Waals surface area contributed by atoms with Crippen molar-refractivity contribution >= 4 is 43.5 Å². The van der Waals surface area contributed by atoms with Crippen molar-refractivity contribution in [1.29, 1.82) is 0 Å². The second-order valence-electron chi connectivity index (χ2n) is 4.61. The summed E-state index contributed by atoms with van der Waals surface area (Å²) in [7, 11) is 3.08. The van der Waals surface area contributed by atoms with Gasteiger partial charge in [-0.05, 0) is 58.7 Å². The Morgan fingerprint density at radius 1 is 1.05 bits per heavy atom. The highest BCUT2D eigenvalue weighted by Crippen LogP contribution is 2.35. The molecule has 0 aliphatic heterocycles. The number of benzene rings is 2. The van der Waals surface area contributed by atoms with Crippen molar-refractivity contribution in [3.8, 4) is 11.5 Å². The standard InChI is InChI=1S/C16H15Br2NO3/c1-9-6-11(17)4-5-12(9)19-16(20)10-7-13(21-2)15(18)14(8-10)22-3/h4-8H,1-3H3,(H,19,20). The largest absolute Gasteiger partial charge is 0.495 e. The molecule has 0 saturated carbocycles. The molecule has 0 unspecified atom stereocenters. The lowest BCUT2D eigenvalue weighted by atomic mass is 10.1. The van der Waals surface area contributed by atoms with Crippen molar-refractivity contribution in [3.63, 3.8) is 0 Å². The number of halogens is 2. The quantitative estimate of drug-likeness (QED) is 0.761. The molecule has 0 aliphatic rings. The number of ether oxygens (including phenoxy) is 2. The number of nitrogens with one attached hydrogen (secondary N) is 1. The minimum Gasteiger partial charge on any atom is -0.495 e. The maximum absolute atomic E-state index is 12.4. The third kappa shape index (κ3) is 3.62. The SMILES string of the molecule is COc1cc(C(=O)Nc2ccc(Br)cc2C)cc(OC)c1Br. The molecule has 0 saturated heterocycles. The predicted molar refractivity (Wildman–Crippen MR) is 94.1 cm³/mol. The van der Waals surface area contributed by atoms with E-state index in [4.69, 9.17) is 9.47 Å². The molecule has 4 nitrogen and oxygen atoms in total. The van der Waals surface area contributed by atoms with Crippen molar-refractivity contribution in [1.82, 2.24) is 0 Å². The number of methoxy groups -OCH3 is 2. The zero-order valence-electron chi connectivity index (χ0n) is 12.4. The molecule has 0 heterocycles. The number of carbonyl (C=O) groups excluding carboxylic acids is 1. The molecular formula is C16H15Br2NO3. The lowest BCUT2D eigenvalue weighted by molar-refractivity contribution is 0.102. The van der Waals surface area contributed by atoms with Crippen molar-refractivity contribution in [2.45, 2.75) is 6.92 Å². The lowest BCUT2D eigenvalue weighted by Gasteiger charge is -2.13. The monoisotopic (exact) mass is 427 g/mol. The molecule has 0 atom stereocenters. The minimum absolute atomic E-state index is 0.227. The molecule has 0 bridgehead atoms. The van der Waals surface area contributed by atoms with Crippen LogP contribution >= 0.6 is 31.9 Å². The van der Waals surface area contributed by atoms with Gasteiger partial charge in [-0.1, -0.05) is 15.9 Å². The van der Waals surface area contributed by atoms with Gasteiger partial charge in [0.2, 0.25) is 0 Å². The summed E-state index contributed by atoms with van der Waals surface area (Å²) in [5, 5.41) is 2.89. The normalized spacial score (nSPS) is 10.2. The van der Waals surface area contributed by atoms with Crippen LogP contribution in [0, 0.1) is 6.92 Å². The summed E-state index contributed by atoms with van der Waals surface area (Å²) in [5.41, 5.74) is 2.19. The first-order chi connectivity index (χ1) is 10.5. The maximum Gasteiger partial charge on any atom is 0.255 e. The third-order valence-electron chi connectivity index (χ3n) is 3.14. The second kappa shape index (κ2) is 7.15.